The molecule has 0 aromatic heterocycles. The van der Waals surface area contributed by atoms with E-state index in [1.165, 1.54) is 0 Å². The van der Waals surface area contributed by atoms with Gasteiger partial charge in [0.25, 0.3) is 0 Å². The molecule has 0 spiro atoms. The van der Waals surface area contributed by atoms with Gasteiger partial charge in [-0.15, -0.1) is 0 Å². The molecule has 8 nitrogen and oxygen atoms in total. The number of halogens is 3. The molecule has 2 fully saturated rings. The van der Waals surface area contributed by atoms with Crippen LogP contribution < -0.4 is 0 Å². The Bertz CT molecular complexity index is 1040. The number of ether oxygens (including phenoxy) is 3. The van der Waals surface area contributed by atoms with E-state index in [-0.39, 0.29) is 6.61 Å². The first-order valence-electron chi connectivity index (χ1n) is 10.1. The Labute approximate surface area is 198 Å². The van der Waals surface area contributed by atoms with Gasteiger partial charge in [0.15, 0.2) is 12.9 Å². The standard InChI is InChI=1S/C21H21F3O8S2/c22-21(23,24)12-29-34(26,27)32-18-16(25)20(33-14-9-5-2-6-10-14)30-15-11-28-19(31-17(15)18)13-7-3-1-4-8-13/h1-10,15-20,25H,11-12H2/t15-,16-,17+,18-,19-,20+/m1/s1. The van der Waals surface area contributed by atoms with E-state index in [1.54, 1.807) is 60.7 Å². The highest BCUT2D eigenvalue weighted by Gasteiger charge is 2.52. The highest BCUT2D eigenvalue weighted by Crippen LogP contribution is 2.40. The molecule has 34 heavy (non-hydrogen) atoms. The minimum absolute atomic E-state index is 0.0356. The number of hydrogen-bond donors (Lipinski definition) is 1. The van der Waals surface area contributed by atoms with E-state index in [0.29, 0.717) is 10.5 Å². The number of thioether (sulfide) groups is 1. The van der Waals surface area contributed by atoms with Gasteiger partial charge in [-0.25, -0.2) is 8.37 Å². The van der Waals surface area contributed by atoms with Crippen molar-refractivity contribution in [2.24, 2.45) is 0 Å². The van der Waals surface area contributed by atoms with Gasteiger partial charge in [-0.05, 0) is 12.1 Å². The van der Waals surface area contributed by atoms with Crippen LogP contribution in [0.2, 0.25) is 0 Å². The van der Waals surface area contributed by atoms with E-state index >= 15 is 0 Å². The van der Waals surface area contributed by atoms with E-state index in [4.69, 9.17) is 18.4 Å². The normalized spacial score (nSPS) is 30.0. The number of aliphatic hydroxyl groups excluding tert-OH is 1. The molecular formula is C21H21F3O8S2. The lowest BCUT2D eigenvalue weighted by atomic mass is 9.99. The number of benzene rings is 2. The molecule has 1 N–H and O–H groups in total. The fraction of sp³-hybridized carbons (Fsp3) is 0.429. The van der Waals surface area contributed by atoms with Gasteiger partial charge in [0.2, 0.25) is 0 Å². The van der Waals surface area contributed by atoms with Gasteiger partial charge in [-0.2, -0.15) is 21.6 Å². The summed E-state index contributed by atoms with van der Waals surface area (Å²) in [6, 6.07) is 17.5. The highest BCUT2D eigenvalue weighted by molar-refractivity contribution is 7.99. The zero-order chi connectivity index (χ0) is 24.3. The Morgan fingerprint density at radius 2 is 1.68 bits per heavy atom. The second-order valence-corrected chi connectivity index (χ2v) is 9.90. The predicted molar refractivity (Wildman–Crippen MR) is 113 cm³/mol. The average molecular weight is 523 g/mol. The Kier molecular flexibility index (Phi) is 7.84. The first-order chi connectivity index (χ1) is 16.1. The summed E-state index contributed by atoms with van der Waals surface area (Å²) in [4.78, 5) is 0.708. The number of alkyl halides is 3. The third kappa shape index (κ3) is 6.49. The molecule has 2 aliphatic heterocycles. The minimum atomic E-state index is -5.14. The van der Waals surface area contributed by atoms with Gasteiger partial charge < -0.3 is 19.3 Å². The second kappa shape index (κ2) is 10.5. The lowest BCUT2D eigenvalue weighted by Crippen LogP contribution is -2.62. The SMILES string of the molecule is O=S(=O)(OCC(F)(F)F)O[C@@H]1[C@@H](O)[C@H](Sc2ccccc2)O[C@@H]2CO[C@@H](c3ccccc3)O[C@H]12. The molecular weight excluding hydrogens is 501 g/mol. The first-order valence-corrected chi connectivity index (χ1v) is 12.3. The van der Waals surface area contributed by atoms with Crippen LogP contribution in [0.5, 0.6) is 0 Å². The van der Waals surface area contributed by atoms with Crippen LogP contribution in [0.3, 0.4) is 0 Å². The molecule has 0 amide bonds. The van der Waals surface area contributed by atoms with Crippen molar-refractivity contribution in [3.05, 3.63) is 66.2 Å². The summed E-state index contributed by atoms with van der Waals surface area (Å²) in [5.41, 5.74) is -0.405. The number of fused-ring (bicyclic) bond motifs is 1. The van der Waals surface area contributed by atoms with E-state index in [2.05, 4.69) is 4.18 Å². The second-order valence-electron chi connectivity index (χ2n) is 7.49. The molecule has 0 radical (unpaired) electrons. The van der Waals surface area contributed by atoms with Gasteiger partial charge in [-0.1, -0.05) is 60.3 Å². The fourth-order valence-corrected chi connectivity index (χ4v) is 5.39. The largest absolute Gasteiger partial charge is 0.413 e. The van der Waals surface area contributed by atoms with Crippen molar-refractivity contribution in [3.8, 4) is 0 Å². The van der Waals surface area contributed by atoms with Crippen LogP contribution in [-0.4, -0.2) is 62.8 Å². The summed E-state index contributed by atoms with van der Waals surface area (Å²) in [7, 11) is -5.14. The highest BCUT2D eigenvalue weighted by atomic mass is 32.3. The molecule has 0 saturated carbocycles. The van der Waals surface area contributed by atoms with Crippen molar-refractivity contribution in [2.45, 2.75) is 47.2 Å². The van der Waals surface area contributed by atoms with Crippen LogP contribution in [0.25, 0.3) is 0 Å². The zero-order valence-corrected chi connectivity index (χ0v) is 19.0. The van der Waals surface area contributed by atoms with E-state index < -0.39 is 59.3 Å². The van der Waals surface area contributed by atoms with E-state index in [0.717, 1.165) is 11.8 Å². The number of aliphatic hydroxyl groups is 1. The van der Waals surface area contributed by atoms with Crippen LogP contribution in [-0.2, 0) is 33.0 Å². The summed E-state index contributed by atoms with van der Waals surface area (Å²) in [5.74, 6) is 0. The lowest BCUT2D eigenvalue weighted by molar-refractivity contribution is -0.315. The van der Waals surface area contributed by atoms with Crippen LogP contribution in [0, 0.1) is 0 Å². The zero-order valence-electron chi connectivity index (χ0n) is 17.4. The summed E-state index contributed by atoms with van der Waals surface area (Å²) in [6.07, 6.45) is -11.1. The Morgan fingerprint density at radius 3 is 2.32 bits per heavy atom. The molecule has 0 unspecified atom stereocenters. The molecule has 2 saturated heterocycles. The molecule has 2 aliphatic rings. The molecule has 6 atom stereocenters. The van der Waals surface area contributed by atoms with Crippen molar-refractivity contribution >= 4 is 22.2 Å². The topological polar surface area (TPSA) is 101 Å². The van der Waals surface area contributed by atoms with Crippen molar-refractivity contribution in [1.82, 2.24) is 0 Å². The summed E-state index contributed by atoms with van der Waals surface area (Å²) in [6.45, 7) is -2.10. The van der Waals surface area contributed by atoms with E-state index in [1.807, 2.05) is 0 Å². The van der Waals surface area contributed by atoms with Gasteiger partial charge >= 0.3 is 16.6 Å². The fourth-order valence-electron chi connectivity index (χ4n) is 3.48. The van der Waals surface area contributed by atoms with Gasteiger partial charge in [0.1, 0.15) is 29.9 Å². The summed E-state index contributed by atoms with van der Waals surface area (Å²) < 4.78 is 88.3. The smallest absolute Gasteiger partial charge is 0.387 e. The molecule has 0 aliphatic carbocycles. The third-order valence-corrected chi connectivity index (χ3v) is 7.00. The van der Waals surface area contributed by atoms with Gasteiger partial charge in [-0.3, -0.25) is 0 Å². The molecule has 2 aromatic rings. The van der Waals surface area contributed by atoms with Gasteiger partial charge in [0, 0.05) is 10.5 Å². The summed E-state index contributed by atoms with van der Waals surface area (Å²) >= 11 is 1.09. The Balaban J connectivity index is 1.57. The first kappa shape index (κ1) is 25.4. The van der Waals surface area contributed by atoms with Crippen LogP contribution in [0.4, 0.5) is 13.2 Å². The Hall–Kier alpha value is -1.71. The Morgan fingerprint density at radius 1 is 1.03 bits per heavy atom. The average Bonchev–Trinajstić information content (AvgIpc) is 2.81. The van der Waals surface area contributed by atoms with Crippen molar-refractivity contribution < 1.29 is 49.3 Å². The number of hydrogen-bond acceptors (Lipinski definition) is 9. The molecule has 0 bridgehead atoms. The number of rotatable bonds is 7. The quantitative estimate of drug-likeness (QED) is 0.588. The minimum Gasteiger partial charge on any atom is -0.387 e. The third-order valence-electron chi connectivity index (χ3n) is 4.97. The molecule has 186 valence electrons. The maximum Gasteiger partial charge on any atom is 0.413 e. The predicted octanol–water partition coefficient (Wildman–Crippen LogP) is 3.19. The molecule has 13 heteroatoms. The molecule has 4 rings (SSSR count). The van der Waals surface area contributed by atoms with Crippen molar-refractivity contribution in [2.75, 3.05) is 13.2 Å². The molecule has 2 aromatic carbocycles. The summed E-state index contributed by atoms with van der Waals surface area (Å²) in [5, 5.41) is 10.9. The molecule has 2 heterocycles. The maximum atomic E-state index is 12.5. The van der Waals surface area contributed by atoms with Crippen LogP contribution in [0.15, 0.2) is 65.6 Å². The monoisotopic (exact) mass is 522 g/mol. The van der Waals surface area contributed by atoms with Crippen molar-refractivity contribution in [1.29, 1.82) is 0 Å². The lowest BCUT2D eigenvalue weighted by Gasteiger charge is -2.47. The van der Waals surface area contributed by atoms with Crippen molar-refractivity contribution in [3.63, 3.8) is 0 Å². The van der Waals surface area contributed by atoms with Crippen LogP contribution in [0.1, 0.15) is 11.9 Å². The van der Waals surface area contributed by atoms with Gasteiger partial charge in [0.05, 0.1) is 6.61 Å². The maximum absolute atomic E-state index is 12.5. The van der Waals surface area contributed by atoms with Crippen LogP contribution >= 0.6 is 11.8 Å². The van der Waals surface area contributed by atoms with E-state index in [9.17, 15) is 26.7 Å².